The molecule has 2 nitrogen and oxygen atoms in total. The van der Waals surface area contributed by atoms with E-state index in [-0.39, 0.29) is 0 Å². The summed E-state index contributed by atoms with van der Waals surface area (Å²) in [4.78, 5) is 4.30. The predicted molar refractivity (Wildman–Crippen MR) is 63.8 cm³/mol. The molecule has 2 N–H and O–H groups in total. The molecule has 0 aliphatic heterocycles. The highest BCUT2D eigenvalue weighted by Gasteiger charge is 2.07. The zero-order chi connectivity index (χ0) is 10.7. The van der Waals surface area contributed by atoms with Gasteiger partial charge in [-0.2, -0.15) is 0 Å². The second-order valence-electron chi connectivity index (χ2n) is 3.80. The molecule has 0 aliphatic carbocycles. The summed E-state index contributed by atoms with van der Waals surface area (Å²) in [6, 6.07) is 10.5. The Bertz CT molecular complexity index is 447. The molecule has 2 heteroatoms. The number of fused-ring (bicyclic) bond motifs is 1. The molecule has 2 rings (SSSR count). The average Bonchev–Trinajstić information content (AvgIpc) is 2.30. The van der Waals surface area contributed by atoms with Crippen LogP contribution in [0.2, 0.25) is 0 Å². The summed E-state index contributed by atoms with van der Waals surface area (Å²) in [5, 5.41) is 1.20. The van der Waals surface area contributed by atoms with Crippen LogP contribution in [0.4, 0.5) is 0 Å². The van der Waals surface area contributed by atoms with Gasteiger partial charge in [-0.15, -0.1) is 0 Å². The lowest BCUT2D eigenvalue weighted by atomic mass is 9.95. The van der Waals surface area contributed by atoms with Crippen molar-refractivity contribution in [3.8, 4) is 0 Å². The van der Waals surface area contributed by atoms with E-state index in [0.29, 0.717) is 12.5 Å². The Morgan fingerprint density at radius 3 is 2.93 bits per heavy atom. The SMILES string of the molecule is CCC(CN)c1ccc2ncccc2c1. The van der Waals surface area contributed by atoms with Crippen LogP contribution in [0, 0.1) is 0 Å². The molecular weight excluding hydrogens is 184 g/mol. The first-order valence-electron chi connectivity index (χ1n) is 5.40. The highest BCUT2D eigenvalue weighted by molar-refractivity contribution is 5.79. The maximum Gasteiger partial charge on any atom is 0.0702 e. The standard InChI is InChI=1S/C13H16N2/c1-2-10(9-14)11-5-6-13-12(8-11)4-3-7-15-13/h3-8,10H,2,9,14H2,1H3. The van der Waals surface area contributed by atoms with Crippen LogP contribution in [0.3, 0.4) is 0 Å². The summed E-state index contributed by atoms with van der Waals surface area (Å²) < 4.78 is 0. The van der Waals surface area contributed by atoms with Crippen LogP contribution in [0.15, 0.2) is 36.5 Å². The lowest BCUT2D eigenvalue weighted by molar-refractivity contribution is 0.675. The molecule has 1 unspecified atom stereocenters. The van der Waals surface area contributed by atoms with Gasteiger partial charge in [0.2, 0.25) is 0 Å². The minimum absolute atomic E-state index is 0.467. The van der Waals surface area contributed by atoms with E-state index in [0.717, 1.165) is 11.9 Å². The van der Waals surface area contributed by atoms with E-state index < -0.39 is 0 Å². The third-order valence-electron chi connectivity index (χ3n) is 2.88. The number of benzene rings is 1. The largest absolute Gasteiger partial charge is 0.330 e. The van der Waals surface area contributed by atoms with Gasteiger partial charge in [0.15, 0.2) is 0 Å². The van der Waals surface area contributed by atoms with Crippen LogP contribution < -0.4 is 5.73 Å². The van der Waals surface area contributed by atoms with Crippen molar-refractivity contribution in [1.29, 1.82) is 0 Å². The third kappa shape index (κ3) is 2.00. The molecule has 1 aromatic heterocycles. The van der Waals surface area contributed by atoms with E-state index in [9.17, 15) is 0 Å². The fourth-order valence-electron chi connectivity index (χ4n) is 1.89. The van der Waals surface area contributed by atoms with Crippen molar-refractivity contribution in [3.63, 3.8) is 0 Å². The Hall–Kier alpha value is -1.41. The van der Waals surface area contributed by atoms with Crippen molar-refractivity contribution in [2.75, 3.05) is 6.54 Å². The first-order valence-corrected chi connectivity index (χ1v) is 5.40. The monoisotopic (exact) mass is 200 g/mol. The average molecular weight is 200 g/mol. The first-order chi connectivity index (χ1) is 7.35. The van der Waals surface area contributed by atoms with E-state index in [2.05, 4.69) is 36.2 Å². The number of nitrogens with zero attached hydrogens (tertiary/aromatic N) is 1. The van der Waals surface area contributed by atoms with Gasteiger partial charge in [0.05, 0.1) is 5.52 Å². The maximum absolute atomic E-state index is 5.74. The Balaban J connectivity index is 2.46. The molecule has 78 valence electrons. The van der Waals surface area contributed by atoms with Gasteiger partial charge < -0.3 is 5.73 Å². The lowest BCUT2D eigenvalue weighted by Gasteiger charge is -2.12. The zero-order valence-electron chi connectivity index (χ0n) is 8.98. The quantitative estimate of drug-likeness (QED) is 0.827. The fourth-order valence-corrected chi connectivity index (χ4v) is 1.89. The Labute approximate surface area is 90.1 Å². The van der Waals surface area contributed by atoms with Gasteiger partial charge in [-0.3, -0.25) is 4.98 Å². The molecule has 1 heterocycles. The van der Waals surface area contributed by atoms with Crippen LogP contribution in [0.1, 0.15) is 24.8 Å². The molecule has 0 aliphatic rings. The topological polar surface area (TPSA) is 38.9 Å². The molecule has 2 aromatic rings. The van der Waals surface area contributed by atoms with Gasteiger partial charge >= 0.3 is 0 Å². The second kappa shape index (κ2) is 4.41. The number of pyridine rings is 1. The van der Waals surface area contributed by atoms with Crippen molar-refractivity contribution < 1.29 is 0 Å². The van der Waals surface area contributed by atoms with E-state index >= 15 is 0 Å². The van der Waals surface area contributed by atoms with Gasteiger partial charge in [-0.1, -0.05) is 19.1 Å². The van der Waals surface area contributed by atoms with E-state index in [1.807, 2.05) is 12.3 Å². The molecule has 0 fully saturated rings. The Morgan fingerprint density at radius 2 is 2.20 bits per heavy atom. The van der Waals surface area contributed by atoms with Crippen molar-refractivity contribution >= 4 is 10.9 Å². The van der Waals surface area contributed by atoms with Gasteiger partial charge in [0.25, 0.3) is 0 Å². The molecule has 1 aromatic carbocycles. The molecule has 0 radical (unpaired) electrons. The summed E-state index contributed by atoms with van der Waals surface area (Å²) in [7, 11) is 0. The van der Waals surface area contributed by atoms with Gasteiger partial charge in [-0.25, -0.2) is 0 Å². The van der Waals surface area contributed by atoms with Crippen molar-refractivity contribution in [2.24, 2.45) is 5.73 Å². The van der Waals surface area contributed by atoms with Crippen LogP contribution in [-0.2, 0) is 0 Å². The van der Waals surface area contributed by atoms with Crippen molar-refractivity contribution in [2.45, 2.75) is 19.3 Å². The summed E-state index contributed by atoms with van der Waals surface area (Å²) in [6.45, 7) is 2.88. The highest BCUT2D eigenvalue weighted by Crippen LogP contribution is 2.22. The molecule has 0 saturated carbocycles. The summed E-state index contributed by atoms with van der Waals surface area (Å²) >= 11 is 0. The second-order valence-corrected chi connectivity index (χ2v) is 3.80. The molecule has 1 atom stereocenters. The van der Waals surface area contributed by atoms with Crippen LogP contribution in [0.5, 0.6) is 0 Å². The Morgan fingerprint density at radius 1 is 1.33 bits per heavy atom. The minimum Gasteiger partial charge on any atom is -0.330 e. The molecular formula is C13H16N2. The highest BCUT2D eigenvalue weighted by atomic mass is 14.6. The molecule has 0 bridgehead atoms. The normalized spacial score (nSPS) is 12.9. The minimum atomic E-state index is 0.467. The lowest BCUT2D eigenvalue weighted by Crippen LogP contribution is -2.11. The summed E-state index contributed by atoms with van der Waals surface area (Å²) in [6.07, 6.45) is 2.91. The predicted octanol–water partition coefficient (Wildman–Crippen LogP) is 2.69. The van der Waals surface area contributed by atoms with Gasteiger partial charge in [0, 0.05) is 11.6 Å². The van der Waals surface area contributed by atoms with E-state index in [1.165, 1.54) is 10.9 Å². The molecule has 0 amide bonds. The Kier molecular flexibility index (Phi) is 2.97. The number of hydrogen-bond acceptors (Lipinski definition) is 2. The van der Waals surface area contributed by atoms with E-state index in [4.69, 9.17) is 5.73 Å². The van der Waals surface area contributed by atoms with Crippen LogP contribution in [0.25, 0.3) is 10.9 Å². The molecule has 0 spiro atoms. The molecule has 15 heavy (non-hydrogen) atoms. The maximum atomic E-state index is 5.74. The zero-order valence-corrected chi connectivity index (χ0v) is 8.98. The number of rotatable bonds is 3. The number of aromatic nitrogens is 1. The van der Waals surface area contributed by atoms with Crippen molar-refractivity contribution in [3.05, 3.63) is 42.1 Å². The van der Waals surface area contributed by atoms with E-state index in [1.54, 1.807) is 0 Å². The first kappa shape index (κ1) is 10.1. The van der Waals surface area contributed by atoms with Crippen LogP contribution in [-0.4, -0.2) is 11.5 Å². The smallest absolute Gasteiger partial charge is 0.0702 e. The van der Waals surface area contributed by atoms with Crippen molar-refractivity contribution in [1.82, 2.24) is 4.98 Å². The van der Waals surface area contributed by atoms with Gasteiger partial charge in [0.1, 0.15) is 0 Å². The third-order valence-corrected chi connectivity index (χ3v) is 2.88. The number of hydrogen-bond donors (Lipinski definition) is 1. The van der Waals surface area contributed by atoms with Crippen LogP contribution >= 0.6 is 0 Å². The fraction of sp³-hybridized carbons (Fsp3) is 0.308. The van der Waals surface area contributed by atoms with Gasteiger partial charge in [-0.05, 0) is 42.6 Å². The summed E-state index contributed by atoms with van der Waals surface area (Å²) in [5.74, 6) is 0.467. The molecule has 0 saturated heterocycles. The number of nitrogens with two attached hydrogens (primary N) is 1. The summed E-state index contributed by atoms with van der Waals surface area (Å²) in [5.41, 5.74) is 8.11.